The lowest BCUT2D eigenvalue weighted by atomic mass is 9.75. The summed E-state index contributed by atoms with van der Waals surface area (Å²) in [7, 11) is 0. The van der Waals surface area contributed by atoms with Crippen LogP contribution in [0.5, 0.6) is 0 Å². The Kier molecular flexibility index (Phi) is 3.26. The summed E-state index contributed by atoms with van der Waals surface area (Å²) >= 11 is 0. The largest absolute Gasteiger partial charge is 0.370 e. The Morgan fingerprint density at radius 3 is 2.22 bits per heavy atom. The smallest absolute Gasteiger partial charge is 0.101 e. The molecule has 1 heterocycles. The van der Waals surface area contributed by atoms with Crippen LogP contribution in [0.15, 0.2) is 18.2 Å². The van der Waals surface area contributed by atoms with E-state index in [4.69, 9.17) is 10.5 Å². The second-order valence-electron chi connectivity index (χ2n) is 5.02. The Morgan fingerprint density at radius 1 is 1.11 bits per heavy atom. The van der Waals surface area contributed by atoms with Crippen molar-refractivity contribution < 1.29 is 0 Å². The fraction of sp³-hybridized carbons (Fsp3) is 0.467. The van der Waals surface area contributed by atoms with Gasteiger partial charge in [0.1, 0.15) is 12.1 Å². The lowest BCUT2D eigenvalue weighted by Gasteiger charge is -2.51. The van der Waals surface area contributed by atoms with Gasteiger partial charge in [-0.05, 0) is 31.0 Å². The van der Waals surface area contributed by atoms with E-state index in [1.807, 2.05) is 18.2 Å². The minimum absolute atomic E-state index is 0.445. The summed E-state index contributed by atoms with van der Waals surface area (Å²) in [4.78, 5) is 2.29. The molecule has 1 aromatic rings. The SMILES string of the molecule is CCC1(CC)CN(c2ccc(C#N)c(C#N)c2)C1. The van der Waals surface area contributed by atoms with Gasteiger partial charge in [0, 0.05) is 24.2 Å². The summed E-state index contributed by atoms with van der Waals surface area (Å²) < 4.78 is 0. The van der Waals surface area contributed by atoms with Gasteiger partial charge in [0.05, 0.1) is 11.1 Å². The van der Waals surface area contributed by atoms with Crippen LogP contribution in [0.3, 0.4) is 0 Å². The van der Waals surface area contributed by atoms with Gasteiger partial charge >= 0.3 is 0 Å². The topological polar surface area (TPSA) is 50.8 Å². The van der Waals surface area contributed by atoms with E-state index in [1.54, 1.807) is 6.07 Å². The van der Waals surface area contributed by atoms with E-state index in [2.05, 4.69) is 24.8 Å². The van der Waals surface area contributed by atoms with Gasteiger partial charge in [-0.1, -0.05) is 13.8 Å². The zero-order valence-corrected chi connectivity index (χ0v) is 10.9. The first-order valence-electron chi connectivity index (χ1n) is 6.37. The quantitative estimate of drug-likeness (QED) is 0.814. The van der Waals surface area contributed by atoms with Crippen LogP contribution in [0.25, 0.3) is 0 Å². The molecule has 1 aliphatic heterocycles. The molecule has 1 aromatic carbocycles. The summed E-state index contributed by atoms with van der Waals surface area (Å²) in [5, 5.41) is 17.9. The Bertz CT molecular complexity index is 522. The van der Waals surface area contributed by atoms with E-state index in [9.17, 15) is 0 Å². The predicted octanol–water partition coefficient (Wildman–Crippen LogP) is 3.06. The highest BCUT2D eigenvalue weighted by molar-refractivity contribution is 5.59. The van der Waals surface area contributed by atoms with E-state index in [-0.39, 0.29) is 0 Å². The number of rotatable bonds is 3. The second kappa shape index (κ2) is 4.70. The van der Waals surface area contributed by atoms with Gasteiger partial charge in [-0.15, -0.1) is 0 Å². The summed E-state index contributed by atoms with van der Waals surface area (Å²) in [6, 6.07) is 9.64. The summed E-state index contributed by atoms with van der Waals surface area (Å²) in [6.45, 7) is 6.58. The van der Waals surface area contributed by atoms with Gasteiger partial charge < -0.3 is 4.90 Å². The van der Waals surface area contributed by atoms with Gasteiger partial charge in [0.2, 0.25) is 0 Å². The highest BCUT2D eigenvalue weighted by atomic mass is 15.2. The van der Waals surface area contributed by atoms with Gasteiger partial charge in [0.15, 0.2) is 0 Å². The molecule has 0 N–H and O–H groups in total. The molecule has 0 atom stereocenters. The maximum atomic E-state index is 9.02. The first-order valence-corrected chi connectivity index (χ1v) is 6.37. The van der Waals surface area contributed by atoms with Gasteiger partial charge in [-0.2, -0.15) is 10.5 Å². The fourth-order valence-electron chi connectivity index (χ4n) is 2.56. The van der Waals surface area contributed by atoms with Gasteiger partial charge in [0.25, 0.3) is 0 Å². The zero-order chi connectivity index (χ0) is 13.2. The second-order valence-corrected chi connectivity index (χ2v) is 5.02. The van der Waals surface area contributed by atoms with Crippen LogP contribution in [-0.2, 0) is 0 Å². The van der Waals surface area contributed by atoms with Crippen molar-refractivity contribution in [2.45, 2.75) is 26.7 Å². The molecular weight excluding hydrogens is 222 g/mol. The molecule has 0 aliphatic carbocycles. The lowest BCUT2D eigenvalue weighted by molar-refractivity contribution is 0.194. The van der Waals surface area contributed by atoms with Crippen molar-refractivity contribution in [3.63, 3.8) is 0 Å². The zero-order valence-electron chi connectivity index (χ0n) is 10.9. The Morgan fingerprint density at radius 2 is 1.72 bits per heavy atom. The number of nitrogens with zero attached hydrogens (tertiary/aromatic N) is 3. The molecule has 3 heteroatoms. The van der Waals surface area contributed by atoms with Crippen molar-refractivity contribution in [3.05, 3.63) is 29.3 Å². The van der Waals surface area contributed by atoms with Crippen molar-refractivity contribution in [1.29, 1.82) is 10.5 Å². The predicted molar refractivity (Wildman–Crippen MR) is 71.1 cm³/mol. The van der Waals surface area contributed by atoms with Crippen molar-refractivity contribution in [1.82, 2.24) is 0 Å². The molecule has 1 aliphatic rings. The first-order chi connectivity index (χ1) is 8.68. The minimum atomic E-state index is 0.445. The molecule has 2 rings (SSSR count). The van der Waals surface area contributed by atoms with Crippen LogP contribution in [0, 0.1) is 28.1 Å². The minimum Gasteiger partial charge on any atom is -0.370 e. The molecule has 0 unspecified atom stereocenters. The maximum absolute atomic E-state index is 9.02. The molecule has 0 saturated carbocycles. The molecule has 0 radical (unpaired) electrons. The van der Waals surface area contributed by atoms with Crippen LogP contribution in [0.2, 0.25) is 0 Å². The average Bonchev–Trinajstić information content (AvgIpc) is 2.38. The highest BCUT2D eigenvalue weighted by Gasteiger charge is 2.39. The Labute approximate surface area is 108 Å². The average molecular weight is 239 g/mol. The van der Waals surface area contributed by atoms with E-state index in [0.29, 0.717) is 16.5 Å². The molecule has 92 valence electrons. The summed E-state index contributed by atoms with van der Waals surface area (Å²) in [6.07, 6.45) is 2.39. The van der Waals surface area contributed by atoms with Crippen molar-refractivity contribution in [3.8, 4) is 12.1 Å². The standard InChI is InChI=1S/C15H17N3/c1-3-15(4-2)10-18(11-15)14-6-5-12(8-16)13(7-14)9-17/h5-7H,3-4,10-11H2,1-2H3. The number of anilines is 1. The Balaban J connectivity index is 2.19. The van der Waals surface area contributed by atoms with Crippen LogP contribution in [0.4, 0.5) is 5.69 Å². The molecule has 1 saturated heterocycles. The number of benzene rings is 1. The molecule has 1 fully saturated rings. The monoisotopic (exact) mass is 239 g/mol. The van der Waals surface area contributed by atoms with E-state index in [0.717, 1.165) is 18.8 Å². The third kappa shape index (κ3) is 1.93. The third-order valence-corrected chi connectivity index (χ3v) is 4.16. The summed E-state index contributed by atoms with van der Waals surface area (Å²) in [5.74, 6) is 0. The number of nitriles is 2. The molecule has 0 amide bonds. The first kappa shape index (κ1) is 12.5. The molecule has 3 nitrogen and oxygen atoms in total. The van der Waals surface area contributed by atoms with Crippen LogP contribution in [0.1, 0.15) is 37.8 Å². The van der Waals surface area contributed by atoms with Crippen LogP contribution >= 0.6 is 0 Å². The van der Waals surface area contributed by atoms with E-state index >= 15 is 0 Å². The normalized spacial score (nSPS) is 16.6. The van der Waals surface area contributed by atoms with Gasteiger partial charge in [-0.3, -0.25) is 0 Å². The molecule has 18 heavy (non-hydrogen) atoms. The lowest BCUT2D eigenvalue weighted by Crippen LogP contribution is -2.55. The number of hydrogen-bond donors (Lipinski definition) is 0. The van der Waals surface area contributed by atoms with Crippen molar-refractivity contribution >= 4 is 5.69 Å². The molecular formula is C15H17N3. The van der Waals surface area contributed by atoms with E-state index < -0.39 is 0 Å². The van der Waals surface area contributed by atoms with Crippen LogP contribution in [-0.4, -0.2) is 13.1 Å². The molecule has 0 aromatic heterocycles. The molecule has 0 bridgehead atoms. The Hall–Kier alpha value is -2.00. The van der Waals surface area contributed by atoms with E-state index in [1.165, 1.54) is 12.8 Å². The molecule has 0 spiro atoms. The van der Waals surface area contributed by atoms with Crippen molar-refractivity contribution in [2.75, 3.05) is 18.0 Å². The number of hydrogen-bond acceptors (Lipinski definition) is 3. The van der Waals surface area contributed by atoms with Crippen LogP contribution < -0.4 is 4.90 Å². The fourth-order valence-corrected chi connectivity index (χ4v) is 2.56. The highest BCUT2D eigenvalue weighted by Crippen LogP contribution is 2.40. The van der Waals surface area contributed by atoms with Crippen molar-refractivity contribution in [2.24, 2.45) is 5.41 Å². The third-order valence-electron chi connectivity index (χ3n) is 4.16. The maximum Gasteiger partial charge on any atom is 0.101 e. The van der Waals surface area contributed by atoms with Gasteiger partial charge in [-0.25, -0.2) is 0 Å². The summed E-state index contributed by atoms with van der Waals surface area (Å²) in [5.41, 5.74) is 2.43.